The molecule has 7 heteroatoms. The molecule has 2 aliphatic heterocycles. The van der Waals surface area contributed by atoms with Crippen LogP contribution in [0.25, 0.3) is 0 Å². The third-order valence-electron chi connectivity index (χ3n) is 6.50. The normalized spacial score (nSPS) is 18.2. The maximum Gasteiger partial charge on any atom is 0.241 e. The number of hydrogen-bond donors (Lipinski definition) is 1. The molecule has 1 fully saturated rings. The van der Waals surface area contributed by atoms with E-state index in [0.717, 1.165) is 69.1 Å². The molecule has 4 rings (SSSR count). The zero-order valence-corrected chi connectivity index (χ0v) is 19.1. The number of carbonyl (C=O) groups is 2. The summed E-state index contributed by atoms with van der Waals surface area (Å²) in [6.07, 6.45) is 5.04. The van der Waals surface area contributed by atoms with Crippen molar-refractivity contribution in [2.24, 2.45) is 0 Å². The van der Waals surface area contributed by atoms with E-state index in [2.05, 4.69) is 47.5 Å². The molecule has 0 bridgehead atoms. The molecule has 1 aromatic carbocycles. The van der Waals surface area contributed by atoms with Crippen molar-refractivity contribution in [1.29, 1.82) is 0 Å². The van der Waals surface area contributed by atoms with Crippen LogP contribution >= 0.6 is 0 Å². The Hall–Kier alpha value is -2.96. The largest absolute Gasteiger partial charge is 0.356 e. The molecular weight excluding hydrogens is 402 g/mol. The van der Waals surface area contributed by atoms with Crippen molar-refractivity contribution < 1.29 is 9.59 Å². The summed E-state index contributed by atoms with van der Waals surface area (Å²) in [5, 5.41) is 2.61. The molecule has 0 saturated carbocycles. The number of piperidine rings is 1. The number of likely N-dealkylation sites (tertiary alicyclic amines) is 1. The number of nitrogens with zero attached hydrogens (tertiary/aromatic N) is 4. The van der Waals surface area contributed by atoms with Crippen molar-refractivity contribution >= 4 is 17.6 Å². The van der Waals surface area contributed by atoms with Crippen LogP contribution in [0.4, 0.5) is 5.82 Å². The number of carbonyl (C=O) groups excluding carboxylic acids is 2. The lowest BCUT2D eigenvalue weighted by Gasteiger charge is -2.34. The molecule has 1 atom stereocenters. The number of anilines is 1. The summed E-state index contributed by atoms with van der Waals surface area (Å²) < 4.78 is 0. The van der Waals surface area contributed by atoms with Gasteiger partial charge in [0.05, 0.1) is 6.54 Å². The van der Waals surface area contributed by atoms with Gasteiger partial charge in [-0.3, -0.25) is 9.59 Å². The first-order chi connectivity index (χ1) is 15.5. The van der Waals surface area contributed by atoms with Gasteiger partial charge in [-0.15, -0.1) is 0 Å². The topological polar surface area (TPSA) is 78.4 Å². The van der Waals surface area contributed by atoms with Crippen molar-refractivity contribution in [3.05, 3.63) is 53.0 Å². The Morgan fingerprint density at radius 1 is 1.12 bits per heavy atom. The molecule has 0 spiro atoms. The molecule has 0 radical (unpaired) electrons. The van der Waals surface area contributed by atoms with Crippen LogP contribution in [0.3, 0.4) is 0 Å². The van der Waals surface area contributed by atoms with Gasteiger partial charge in [0, 0.05) is 50.3 Å². The minimum Gasteiger partial charge on any atom is -0.356 e. The highest BCUT2D eigenvalue weighted by molar-refractivity contribution is 5.83. The van der Waals surface area contributed by atoms with Gasteiger partial charge in [-0.05, 0) is 44.6 Å². The summed E-state index contributed by atoms with van der Waals surface area (Å²) in [7, 11) is 0. The van der Waals surface area contributed by atoms with Gasteiger partial charge in [-0.1, -0.05) is 30.3 Å². The second-order valence-corrected chi connectivity index (χ2v) is 8.88. The maximum atomic E-state index is 12.5. The molecule has 0 unspecified atom stereocenters. The van der Waals surface area contributed by atoms with Gasteiger partial charge in [0.2, 0.25) is 11.8 Å². The predicted molar refractivity (Wildman–Crippen MR) is 125 cm³/mol. The molecular formula is C25H33N5O2. The lowest BCUT2D eigenvalue weighted by molar-refractivity contribution is -0.133. The number of aryl methyl sites for hydroxylation is 1. The molecule has 7 nitrogen and oxygen atoms in total. The summed E-state index contributed by atoms with van der Waals surface area (Å²) in [6, 6.07) is 10.6. The summed E-state index contributed by atoms with van der Waals surface area (Å²) in [5.74, 6) is 1.84. The van der Waals surface area contributed by atoms with E-state index in [9.17, 15) is 9.59 Å². The smallest absolute Gasteiger partial charge is 0.241 e. The fourth-order valence-electron chi connectivity index (χ4n) is 4.74. The van der Waals surface area contributed by atoms with Gasteiger partial charge in [0.1, 0.15) is 11.6 Å². The summed E-state index contributed by atoms with van der Waals surface area (Å²) >= 11 is 0. The van der Waals surface area contributed by atoms with Gasteiger partial charge in [0.15, 0.2) is 0 Å². The molecule has 0 aliphatic carbocycles. The lowest BCUT2D eigenvalue weighted by atomic mass is 9.96. The van der Waals surface area contributed by atoms with Gasteiger partial charge >= 0.3 is 0 Å². The van der Waals surface area contributed by atoms with Crippen molar-refractivity contribution in [2.45, 2.75) is 51.9 Å². The Balaban J connectivity index is 1.49. The quantitative estimate of drug-likeness (QED) is 0.755. The van der Waals surface area contributed by atoms with Crippen LogP contribution < -0.4 is 10.2 Å². The van der Waals surface area contributed by atoms with Gasteiger partial charge in [-0.25, -0.2) is 9.97 Å². The van der Waals surface area contributed by atoms with E-state index in [4.69, 9.17) is 9.97 Å². The fraction of sp³-hybridized carbons (Fsp3) is 0.520. The number of rotatable bonds is 6. The lowest BCUT2D eigenvalue weighted by Crippen LogP contribution is -2.44. The zero-order chi connectivity index (χ0) is 22.5. The highest BCUT2D eigenvalue weighted by Gasteiger charge is 2.29. The van der Waals surface area contributed by atoms with Gasteiger partial charge in [-0.2, -0.15) is 0 Å². The molecule has 32 heavy (non-hydrogen) atoms. The van der Waals surface area contributed by atoms with Crippen molar-refractivity contribution in [3.63, 3.8) is 0 Å². The van der Waals surface area contributed by atoms with E-state index in [-0.39, 0.29) is 24.3 Å². The summed E-state index contributed by atoms with van der Waals surface area (Å²) in [5.41, 5.74) is 3.67. The Kier molecular flexibility index (Phi) is 7.02. The Bertz CT molecular complexity index is 962. The molecule has 3 heterocycles. The monoisotopic (exact) mass is 435 g/mol. The Morgan fingerprint density at radius 2 is 1.94 bits per heavy atom. The van der Waals surface area contributed by atoms with E-state index >= 15 is 0 Å². The second-order valence-electron chi connectivity index (χ2n) is 8.88. The molecule has 2 amide bonds. The third-order valence-corrected chi connectivity index (χ3v) is 6.50. The van der Waals surface area contributed by atoms with Crippen LogP contribution in [0.1, 0.15) is 54.7 Å². The highest BCUT2D eigenvalue weighted by atomic mass is 16.2. The van der Waals surface area contributed by atoms with Crippen LogP contribution in [0.2, 0.25) is 0 Å². The number of nitrogens with one attached hydrogen (secondary N) is 1. The van der Waals surface area contributed by atoms with Crippen LogP contribution in [0, 0.1) is 6.92 Å². The zero-order valence-electron chi connectivity index (χ0n) is 19.1. The molecule has 1 saturated heterocycles. The molecule has 1 N–H and O–H groups in total. The first-order valence-electron chi connectivity index (χ1n) is 11.7. The van der Waals surface area contributed by atoms with Crippen LogP contribution in [-0.2, 0) is 22.4 Å². The van der Waals surface area contributed by atoms with Crippen molar-refractivity contribution in [2.75, 3.05) is 37.6 Å². The minimum atomic E-state index is -0.184. The number of aromatic nitrogens is 2. The Labute approximate surface area is 190 Å². The van der Waals surface area contributed by atoms with E-state index in [1.165, 1.54) is 18.1 Å². The molecule has 2 aromatic rings. The van der Waals surface area contributed by atoms with Gasteiger partial charge in [0.25, 0.3) is 0 Å². The number of benzene rings is 1. The van der Waals surface area contributed by atoms with Crippen LogP contribution in [0.15, 0.2) is 30.3 Å². The van der Waals surface area contributed by atoms with Crippen LogP contribution in [-0.4, -0.2) is 59.4 Å². The number of amides is 2. The minimum absolute atomic E-state index is 0.0379. The SMILES string of the molecule is CC(=O)NCC(=O)N1CCC[C@@H](c2nc(C)c3c(n2)N(CCc2ccccc2)CCC3)C1. The highest BCUT2D eigenvalue weighted by Crippen LogP contribution is 2.31. The Morgan fingerprint density at radius 3 is 2.72 bits per heavy atom. The van der Waals surface area contributed by atoms with E-state index in [0.29, 0.717) is 6.54 Å². The first kappa shape index (κ1) is 22.2. The summed E-state index contributed by atoms with van der Waals surface area (Å²) in [4.78, 5) is 37.9. The molecule has 1 aromatic heterocycles. The van der Waals surface area contributed by atoms with Crippen molar-refractivity contribution in [1.82, 2.24) is 20.2 Å². The van der Waals surface area contributed by atoms with E-state index < -0.39 is 0 Å². The number of fused-ring (bicyclic) bond motifs is 1. The predicted octanol–water partition coefficient (Wildman–Crippen LogP) is 2.62. The number of hydrogen-bond acceptors (Lipinski definition) is 5. The van der Waals surface area contributed by atoms with Crippen molar-refractivity contribution in [3.8, 4) is 0 Å². The van der Waals surface area contributed by atoms with Gasteiger partial charge < -0.3 is 15.1 Å². The molecule has 170 valence electrons. The average molecular weight is 436 g/mol. The summed E-state index contributed by atoms with van der Waals surface area (Å²) in [6.45, 7) is 6.87. The first-order valence-corrected chi connectivity index (χ1v) is 11.7. The standard InChI is InChI=1S/C25H33N5O2/c1-18-22-11-7-13-29(15-12-20-8-4-3-5-9-20)25(22)28-24(27-18)21-10-6-14-30(17-21)23(32)16-26-19(2)31/h3-5,8-9,21H,6-7,10-17H2,1-2H3,(H,26,31)/t21-/m1/s1. The fourth-order valence-corrected chi connectivity index (χ4v) is 4.74. The third kappa shape index (κ3) is 5.26. The average Bonchev–Trinajstić information content (AvgIpc) is 2.82. The van der Waals surface area contributed by atoms with E-state index in [1.54, 1.807) is 0 Å². The van der Waals surface area contributed by atoms with E-state index in [1.807, 2.05) is 4.90 Å². The molecule has 2 aliphatic rings. The second kappa shape index (κ2) is 10.1. The maximum absolute atomic E-state index is 12.5. The van der Waals surface area contributed by atoms with Crippen LogP contribution in [0.5, 0.6) is 0 Å².